The number of nitrogens with one attached hydrogen (secondary N) is 1. The van der Waals surface area contributed by atoms with Gasteiger partial charge in [0.05, 0.1) is 11.8 Å². The maximum atomic E-state index is 13.2. The smallest absolute Gasteiger partial charge is 0.242 e. The molecule has 3 atom stereocenters. The number of hydrogen-bond donors (Lipinski definition) is 1. The lowest BCUT2D eigenvalue weighted by molar-refractivity contribution is -0.143. The second kappa shape index (κ2) is 11.1. The van der Waals surface area contributed by atoms with Crippen LogP contribution in [-0.4, -0.2) is 59.1 Å². The normalized spacial score (nSPS) is 20.8. The first-order chi connectivity index (χ1) is 15.4. The van der Waals surface area contributed by atoms with Crippen LogP contribution in [0.1, 0.15) is 45.1 Å². The zero-order chi connectivity index (χ0) is 23.1. The minimum Gasteiger partial charge on any atom is -0.354 e. The number of imide groups is 1. The maximum absolute atomic E-state index is 13.2. The van der Waals surface area contributed by atoms with Crippen LogP contribution in [0.25, 0.3) is 0 Å². The summed E-state index contributed by atoms with van der Waals surface area (Å²) >= 11 is 0. The Bertz CT molecular complexity index is 841. The Balaban J connectivity index is 1.65. The molecule has 172 valence electrons. The van der Waals surface area contributed by atoms with Gasteiger partial charge < -0.3 is 10.2 Å². The van der Waals surface area contributed by atoms with E-state index in [9.17, 15) is 19.2 Å². The van der Waals surface area contributed by atoms with Gasteiger partial charge in [0, 0.05) is 26.1 Å². The lowest BCUT2D eigenvalue weighted by Gasteiger charge is -2.29. The fourth-order valence-electron chi connectivity index (χ4n) is 4.41. The average Bonchev–Trinajstić information content (AvgIpc) is 3.06. The Morgan fingerprint density at radius 1 is 1.09 bits per heavy atom. The van der Waals surface area contributed by atoms with E-state index in [-0.39, 0.29) is 48.4 Å². The van der Waals surface area contributed by atoms with E-state index in [1.54, 1.807) is 11.8 Å². The molecule has 0 radical (unpaired) electrons. The second-order valence-corrected chi connectivity index (χ2v) is 8.52. The number of carbonyl (C=O) groups is 4. The largest absolute Gasteiger partial charge is 0.354 e. The van der Waals surface area contributed by atoms with Crippen LogP contribution < -0.4 is 5.32 Å². The number of rotatable bonds is 10. The van der Waals surface area contributed by atoms with Gasteiger partial charge in [0.15, 0.2) is 0 Å². The third-order valence-corrected chi connectivity index (χ3v) is 6.35. The molecule has 1 aromatic rings. The number of fused-ring (bicyclic) bond motifs is 1. The number of likely N-dealkylation sites (tertiary alicyclic amines) is 1. The monoisotopic (exact) mass is 439 g/mol. The van der Waals surface area contributed by atoms with Crippen molar-refractivity contribution in [3.8, 4) is 0 Å². The summed E-state index contributed by atoms with van der Waals surface area (Å²) in [6.45, 7) is 4.70. The highest BCUT2D eigenvalue weighted by Crippen LogP contribution is 2.35. The van der Waals surface area contributed by atoms with Crippen LogP contribution in [0.15, 0.2) is 42.5 Å². The van der Waals surface area contributed by atoms with E-state index in [1.165, 1.54) is 4.90 Å². The summed E-state index contributed by atoms with van der Waals surface area (Å²) in [5.74, 6) is -1.37. The quantitative estimate of drug-likeness (QED) is 0.448. The molecule has 3 rings (SSSR count). The van der Waals surface area contributed by atoms with Crippen molar-refractivity contribution in [2.45, 2.75) is 52.0 Å². The van der Waals surface area contributed by atoms with Crippen molar-refractivity contribution < 1.29 is 19.2 Å². The van der Waals surface area contributed by atoms with Gasteiger partial charge in [-0.2, -0.15) is 0 Å². The van der Waals surface area contributed by atoms with Crippen LogP contribution in [0.5, 0.6) is 0 Å². The third kappa shape index (κ3) is 5.44. The topological polar surface area (TPSA) is 86.8 Å². The zero-order valence-corrected chi connectivity index (χ0v) is 19.0. The van der Waals surface area contributed by atoms with Gasteiger partial charge in [0.25, 0.3) is 0 Å². The van der Waals surface area contributed by atoms with Crippen molar-refractivity contribution in [2.24, 2.45) is 11.8 Å². The molecular formula is C25H33N3O4. The minimum atomic E-state index is -0.630. The fraction of sp³-hybridized carbons (Fsp3) is 0.520. The van der Waals surface area contributed by atoms with Gasteiger partial charge in [-0.3, -0.25) is 24.1 Å². The highest BCUT2D eigenvalue weighted by Gasteiger charge is 2.47. The van der Waals surface area contributed by atoms with Crippen molar-refractivity contribution >= 4 is 23.6 Å². The second-order valence-electron chi connectivity index (χ2n) is 8.52. The molecule has 0 bridgehead atoms. The van der Waals surface area contributed by atoms with E-state index >= 15 is 0 Å². The molecule has 7 heteroatoms. The number of hydrogen-bond acceptors (Lipinski definition) is 4. The molecule has 1 aromatic carbocycles. The first-order valence-electron chi connectivity index (χ1n) is 11.5. The van der Waals surface area contributed by atoms with Crippen molar-refractivity contribution in [3.63, 3.8) is 0 Å². The standard InChI is InChI=1S/C25H33N3O4/c1-3-15-26-23(30)18(2)27(16-13-19-9-5-4-6-10-19)22(29)14-17-28-24(31)20-11-7-8-12-21(20)25(28)32/h4-10,18,20-21H,3,11-17H2,1-2H3,(H,26,30)/t18-,20-,21+/m1/s1. The summed E-state index contributed by atoms with van der Waals surface area (Å²) in [4.78, 5) is 53.9. The predicted molar refractivity (Wildman–Crippen MR) is 121 cm³/mol. The van der Waals surface area contributed by atoms with Gasteiger partial charge in [0.2, 0.25) is 23.6 Å². The molecule has 1 N–H and O–H groups in total. The SMILES string of the molecule is CCCNC(=O)[C@@H](C)N(CCc1ccccc1)C(=O)CCN1C(=O)[C@H]2CC=CC[C@H]2C1=O. The first-order valence-corrected chi connectivity index (χ1v) is 11.5. The molecule has 0 aromatic heterocycles. The summed E-state index contributed by atoms with van der Waals surface area (Å²) in [5.41, 5.74) is 1.08. The molecule has 2 aliphatic rings. The number of allylic oxidation sites excluding steroid dienone is 2. The molecule has 32 heavy (non-hydrogen) atoms. The lowest BCUT2D eigenvalue weighted by atomic mass is 9.85. The molecule has 0 unspecified atom stereocenters. The van der Waals surface area contributed by atoms with Gasteiger partial charge in [-0.15, -0.1) is 0 Å². The maximum Gasteiger partial charge on any atom is 0.242 e. The van der Waals surface area contributed by atoms with Gasteiger partial charge in [-0.05, 0) is 38.2 Å². The van der Waals surface area contributed by atoms with Crippen LogP contribution in [0.4, 0.5) is 0 Å². The molecule has 4 amide bonds. The molecule has 0 spiro atoms. The highest BCUT2D eigenvalue weighted by molar-refractivity contribution is 6.05. The molecule has 1 heterocycles. The van der Waals surface area contributed by atoms with Crippen LogP contribution >= 0.6 is 0 Å². The van der Waals surface area contributed by atoms with Crippen LogP contribution in [0.2, 0.25) is 0 Å². The molecule has 7 nitrogen and oxygen atoms in total. The van der Waals surface area contributed by atoms with Gasteiger partial charge in [-0.25, -0.2) is 0 Å². The number of carbonyl (C=O) groups excluding carboxylic acids is 4. The first kappa shape index (κ1) is 23.7. The summed E-state index contributed by atoms with van der Waals surface area (Å²) in [6.07, 6.45) is 6.51. The number of amides is 4. The molecule has 1 aliphatic heterocycles. The molecule has 1 aliphatic carbocycles. The van der Waals surface area contributed by atoms with E-state index in [0.717, 1.165) is 12.0 Å². The molecule has 1 fully saturated rings. The Morgan fingerprint density at radius 2 is 1.72 bits per heavy atom. The number of nitrogens with zero attached hydrogens (tertiary/aromatic N) is 2. The Labute approximate surface area is 189 Å². The predicted octanol–water partition coefficient (Wildman–Crippen LogP) is 2.31. The highest BCUT2D eigenvalue weighted by atomic mass is 16.2. The third-order valence-electron chi connectivity index (χ3n) is 6.35. The molecule has 1 saturated heterocycles. The van der Waals surface area contributed by atoms with Crippen molar-refractivity contribution in [1.29, 1.82) is 0 Å². The molecular weight excluding hydrogens is 406 g/mol. The molecule has 0 saturated carbocycles. The summed E-state index contributed by atoms with van der Waals surface area (Å²) in [5, 5.41) is 2.85. The van der Waals surface area contributed by atoms with E-state index in [4.69, 9.17) is 0 Å². The van der Waals surface area contributed by atoms with Crippen molar-refractivity contribution in [2.75, 3.05) is 19.6 Å². The van der Waals surface area contributed by atoms with Gasteiger partial charge >= 0.3 is 0 Å². The van der Waals surface area contributed by atoms with E-state index in [0.29, 0.717) is 32.4 Å². The van der Waals surface area contributed by atoms with Crippen LogP contribution in [0.3, 0.4) is 0 Å². The zero-order valence-electron chi connectivity index (χ0n) is 19.0. The van der Waals surface area contributed by atoms with E-state index in [2.05, 4.69) is 5.32 Å². The van der Waals surface area contributed by atoms with E-state index < -0.39 is 6.04 Å². The van der Waals surface area contributed by atoms with Crippen LogP contribution in [-0.2, 0) is 25.6 Å². The van der Waals surface area contributed by atoms with Crippen molar-refractivity contribution in [3.05, 3.63) is 48.0 Å². The van der Waals surface area contributed by atoms with Crippen molar-refractivity contribution in [1.82, 2.24) is 15.1 Å². The summed E-state index contributed by atoms with van der Waals surface area (Å²) in [6, 6.07) is 9.17. The van der Waals surface area contributed by atoms with Gasteiger partial charge in [-0.1, -0.05) is 49.4 Å². The Kier molecular flexibility index (Phi) is 8.20. The Morgan fingerprint density at radius 3 is 2.31 bits per heavy atom. The average molecular weight is 440 g/mol. The summed E-state index contributed by atoms with van der Waals surface area (Å²) < 4.78 is 0. The Hall–Kier alpha value is -2.96. The minimum absolute atomic E-state index is 0.0184. The van der Waals surface area contributed by atoms with E-state index in [1.807, 2.05) is 49.4 Å². The lowest BCUT2D eigenvalue weighted by Crippen LogP contribution is -2.49. The summed E-state index contributed by atoms with van der Waals surface area (Å²) in [7, 11) is 0. The number of benzene rings is 1. The van der Waals surface area contributed by atoms with Crippen LogP contribution in [0, 0.1) is 11.8 Å². The fourth-order valence-corrected chi connectivity index (χ4v) is 4.41. The van der Waals surface area contributed by atoms with Gasteiger partial charge in [0.1, 0.15) is 6.04 Å².